The van der Waals surface area contributed by atoms with Crippen LogP contribution in [-0.2, 0) is 20.2 Å². The van der Waals surface area contributed by atoms with Crippen molar-refractivity contribution < 1.29 is 66.2 Å². The van der Waals surface area contributed by atoms with Gasteiger partial charge in [0.25, 0.3) is 20.2 Å². The van der Waals surface area contributed by atoms with Gasteiger partial charge in [-0.15, -0.1) is 10.2 Å². The molecule has 0 aliphatic heterocycles. The first-order valence-corrected chi connectivity index (χ1v) is 18.1. The Morgan fingerprint density at radius 3 is 1.25 bits per heavy atom. The Bertz CT molecular complexity index is 2790. The molecule has 0 saturated carbocycles. The van der Waals surface area contributed by atoms with Gasteiger partial charge in [0, 0.05) is 22.9 Å². The molecule has 8 N–H and O–H groups in total. The number of azo groups is 2. The highest BCUT2D eigenvalue weighted by atomic mass is 32.2. The van der Waals surface area contributed by atoms with Crippen molar-refractivity contribution in [2.24, 2.45) is 20.5 Å². The molecule has 0 aliphatic rings. The summed E-state index contributed by atoms with van der Waals surface area (Å²) in [6, 6.07) is 13.4. The first-order valence-electron chi connectivity index (χ1n) is 15.2. The van der Waals surface area contributed by atoms with Gasteiger partial charge in [-0.05, 0) is 59.7 Å². The molecule has 0 amide bonds. The molecule has 0 fully saturated rings. The number of fused-ring (bicyclic) bond motifs is 2. The van der Waals surface area contributed by atoms with Crippen molar-refractivity contribution in [3.8, 4) is 23.0 Å². The van der Waals surface area contributed by atoms with Crippen molar-refractivity contribution >= 4 is 88.9 Å². The molecular weight excluding hydrogens is 781 g/mol. The second kappa shape index (κ2) is 14.4. The molecule has 2 aromatic heterocycles. The van der Waals surface area contributed by atoms with Gasteiger partial charge in [0.05, 0.1) is 11.4 Å². The number of carbonyl (C=O) groups is 2. The minimum Gasteiger partial charge on any atom is -0.507 e. The lowest BCUT2D eigenvalue weighted by molar-refractivity contribution is 0.0680. The Hall–Kier alpha value is -7.40. The van der Waals surface area contributed by atoms with Crippen LogP contribution in [0.2, 0.25) is 0 Å². The lowest BCUT2D eigenvalue weighted by Crippen LogP contribution is -2.01. The van der Waals surface area contributed by atoms with E-state index in [1.807, 2.05) is 0 Å². The Kier molecular flexibility index (Phi) is 9.88. The number of phenols is 2. The molecule has 0 unspecified atom stereocenters. The maximum Gasteiger partial charge on any atom is 0.354 e. The van der Waals surface area contributed by atoms with Crippen LogP contribution in [0.25, 0.3) is 34.0 Å². The highest BCUT2D eigenvalue weighted by Gasteiger charge is 2.20. The number of pyridine rings is 2. The number of aromatic nitrogens is 2. The molecule has 20 nitrogen and oxygen atoms in total. The van der Waals surface area contributed by atoms with Crippen molar-refractivity contribution in [1.82, 2.24) is 9.97 Å². The van der Waals surface area contributed by atoms with Gasteiger partial charge in [0.1, 0.15) is 43.7 Å². The number of rotatable bonds is 10. The fraction of sp³-hybridized carbons (Fsp3) is 0. The first-order chi connectivity index (χ1) is 26.3. The molecule has 0 atom stereocenters. The number of carboxylic acids is 2. The van der Waals surface area contributed by atoms with Crippen LogP contribution in [-0.4, -0.2) is 78.5 Å². The van der Waals surface area contributed by atoms with Gasteiger partial charge < -0.3 is 30.6 Å². The zero-order valence-electron chi connectivity index (χ0n) is 27.6. The third kappa shape index (κ3) is 7.78. The summed E-state index contributed by atoms with van der Waals surface area (Å²) >= 11 is 0. The van der Waals surface area contributed by atoms with E-state index in [2.05, 4.69) is 30.4 Å². The minimum atomic E-state index is -4.96. The van der Waals surface area contributed by atoms with E-state index in [1.165, 1.54) is 48.5 Å². The summed E-state index contributed by atoms with van der Waals surface area (Å²) in [6.07, 6.45) is 2.20. The van der Waals surface area contributed by atoms with Crippen molar-refractivity contribution in [2.45, 2.75) is 9.79 Å². The van der Waals surface area contributed by atoms with E-state index < -0.39 is 76.4 Å². The number of nitrogens with zero attached hydrogens (tertiary/aromatic N) is 6. The highest BCUT2D eigenvalue weighted by molar-refractivity contribution is 7.86. The van der Waals surface area contributed by atoms with Crippen LogP contribution in [0.3, 0.4) is 0 Å². The number of benzene rings is 4. The summed E-state index contributed by atoms with van der Waals surface area (Å²) in [4.78, 5) is 28.9. The molecule has 0 radical (unpaired) electrons. The van der Waals surface area contributed by atoms with Gasteiger partial charge in [0.2, 0.25) is 0 Å². The third-order valence-corrected chi connectivity index (χ3v) is 9.62. The van der Waals surface area contributed by atoms with Crippen molar-refractivity contribution in [3.63, 3.8) is 0 Å². The lowest BCUT2D eigenvalue weighted by Gasteiger charge is -2.07. The van der Waals surface area contributed by atoms with Gasteiger partial charge in [-0.1, -0.05) is 24.3 Å². The molecular formula is C34H22N6O14S2. The Morgan fingerprint density at radius 1 is 0.536 bits per heavy atom. The van der Waals surface area contributed by atoms with Crippen LogP contribution in [0.1, 0.15) is 32.1 Å². The van der Waals surface area contributed by atoms with Crippen LogP contribution in [0, 0.1) is 0 Å². The number of phenolic OH excluding ortho intramolecular Hbond substituents is 2. The van der Waals surface area contributed by atoms with E-state index in [-0.39, 0.29) is 55.7 Å². The largest absolute Gasteiger partial charge is 0.507 e. The monoisotopic (exact) mass is 802 g/mol. The average Bonchev–Trinajstić information content (AvgIpc) is 3.13. The summed E-state index contributed by atoms with van der Waals surface area (Å²) in [5, 5.41) is 75.4. The van der Waals surface area contributed by atoms with Gasteiger partial charge in [0.15, 0.2) is 22.9 Å². The Morgan fingerprint density at radius 2 is 0.911 bits per heavy atom. The number of hydrogen-bond donors (Lipinski definition) is 8. The first kappa shape index (κ1) is 38.3. The summed E-state index contributed by atoms with van der Waals surface area (Å²) in [5.41, 5.74) is -2.91. The minimum absolute atomic E-state index is 0.00745. The standard InChI is InChI=1S/C34H22N6O14S2/c41-25-13-23(33(45)46)35-29-19(25)7-9-21(31(29)43)39-37-17-5-3-15(27(11-17)55(49,50)51)1-2-16-4-6-18(12-28(16)56(52,53)54)38-40-22-10-8-20-26(42)14-24(34(47)48)36-30(20)32(22)44/h1-14,43-44H,(H,35,41)(H,36,42)(H,45,46)(H,47,48)(H,49,50,51)(H,52,53,54)/b2-1+,39-37?,40-38?. The number of aromatic hydroxyl groups is 4. The van der Waals surface area contributed by atoms with Crippen molar-refractivity contribution in [3.05, 3.63) is 95.3 Å². The molecule has 0 spiro atoms. The molecule has 6 rings (SSSR count). The van der Waals surface area contributed by atoms with E-state index in [0.717, 1.165) is 36.4 Å². The average molecular weight is 803 g/mol. The summed E-state index contributed by atoms with van der Waals surface area (Å²) < 4.78 is 69.3. The molecule has 56 heavy (non-hydrogen) atoms. The second-order valence-corrected chi connectivity index (χ2v) is 14.2. The molecule has 6 aromatic rings. The van der Waals surface area contributed by atoms with Crippen LogP contribution in [0.5, 0.6) is 23.0 Å². The molecule has 284 valence electrons. The molecule has 0 bridgehead atoms. The van der Waals surface area contributed by atoms with E-state index >= 15 is 0 Å². The van der Waals surface area contributed by atoms with Crippen molar-refractivity contribution in [2.75, 3.05) is 0 Å². The van der Waals surface area contributed by atoms with Gasteiger partial charge >= 0.3 is 11.9 Å². The zero-order chi connectivity index (χ0) is 40.7. The fourth-order valence-electron chi connectivity index (χ4n) is 5.17. The van der Waals surface area contributed by atoms with E-state index in [4.69, 9.17) is 0 Å². The quantitative estimate of drug-likeness (QED) is 0.0416. The van der Waals surface area contributed by atoms with E-state index in [0.29, 0.717) is 0 Å². The topological polar surface area (TPSA) is 339 Å². The van der Waals surface area contributed by atoms with Crippen LogP contribution >= 0.6 is 0 Å². The van der Waals surface area contributed by atoms with Crippen LogP contribution < -0.4 is 0 Å². The predicted molar refractivity (Wildman–Crippen MR) is 194 cm³/mol. The lowest BCUT2D eigenvalue weighted by atomic mass is 10.1. The maximum absolute atomic E-state index is 12.3. The van der Waals surface area contributed by atoms with Gasteiger partial charge in [-0.2, -0.15) is 27.1 Å². The SMILES string of the molecule is O=C(O)c1cc(O)c2ccc(N=Nc3ccc(/C=C/c4ccc(N=Nc5ccc6c(O)cc(C(=O)O)nc6c5O)cc4S(=O)(=O)O)c(S(=O)(=O)O)c3)c(O)c2n1. The number of aromatic carboxylic acids is 2. The molecule has 2 heterocycles. The molecule has 4 aromatic carbocycles. The molecule has 0 aliphatic carbocycles. The fourth-order valence-corrected chi connectivity index (χ4v) is 6.58. The molecule has 0 saturated heterocycles. The Balaban J connectivity index is 1.31. The van der Waals surface area contributed by atoms with Gasteiger partial charge in [-0.25, -0.2) is 19.6 Å². The smallest absolute Gasteiger partial charge is 0.354 e. The van der Waals surface area contributed by atoms with Crippen LogP contribution in [0.4, 0.5) is 22.7 Å². The summed E-state index contributed by atoms with van der Waals surface area (Å²) in [7, 11) is -9.92. The predicted octanol–water partition coefficient (Wildman–Crippen LogP) is 6.50. The zero-order valence-corrected chi connectivity index (χ0v) is 29.2. The number of carboxylic acid groups (broad SMARTS) is 2. The molecule has 22 heteroatoms. The van der Waals surface area contributed by atoms with Gasteiger partial charge in [-0.3, -0.25) is 9.11 Å². The third-order valence-electron chi connectivity index (χ3n) is 7.80. The van der Waals surface area contributed by atoms with Crippen molar-refractivity contribution in [1.29, 1.82) is 0 Å². The number of hydrogen-bond acceptors (Lipinski definition) is 16. The highest BCUT2D eigenvalue weighted by Crippen LogP contribution is 2.40. The van der Waals surface area contributed by atoms with E-state index in [9.17, 15) is 66.2 Å². The van der Waals surface area contributed by atoms with Crippen LogP contribution in [0.15, 0.2) is 103 Å². The Labute approximate surface area is 312 Å². The van der Waals surface area contributed by atoms with E-state index in [1.54, 1.807) is 0 Å². The maximum atomic E-state index is 12.3. The normalized spacial score (nSPS) is 12.4. The second-order valence-electron chi connectivity index (χ2n) is 11.5. The summed E-state index contributed by atoms with van der Waals surface area (Å²) in [5.74, 6) is -5.20. The summed E-state index contributed by atoms with van der Waals surface area (Å²) in [6.45, 7) is 0.